The number of nitrogens with one attached hydrogen (secondary N) is 4. The molecule has 0 spiro atoms. The van der Waals surface area contributed by atoms with Crippen LogP contribution in [0.25, 0.3) is 22.3 Å². The number of aromatic nitrogens is 3. The normalized spacial score (nSPS) is 19.5. The first-order chi connectivity index (χ1) is 16.2. The fourth-order valence-electron chi connectivity index (χ4n) is 4.82. The molecule has 4 N–H and O–H groups in total. The summed E-state index contributed by atoms with van der Waals surface area (Å²) < 4.78 is 0. The van der Waals surface area contributed by atoms with Crippen molar-refractivity contribution >= 4 is 16.9 Å². The van der Waals surface area contributed by atoms with E-state index in [1.165, 1.54) is 49.4 Å². The van der Waals surface area contributed by atoms with Crippen LogP contribution in [0.1, 0.15) is 31.0 Å². The number of nitrogens with zero attached hydrogens (tertiary/aromatic N) is 2. The first-order valence-electron chi connectivity index (χ1n) is 12.1. The molecule has 1 fully saturated rings. The molecule has 1 aliphatic rings. The maximum Gasteiger partial charge on any atom is 0.143 e. The summed E-state index contributed by atoms with van der Waals surface area (Å²) in [6.07, 6.45) is 1.62. The average molecular weight is 443 g/mol. The molecular formula is C27H34N6+2. The van der Waals surface area contributed by atoms with Gasteiger partial charge in [-0.25, -0.2) is 9.97 Å². The zero-order valence-corrected chi connectivity index (χ0v) is 19.6. The van der Waals surface area contributed by atoms with Crippen LogP contribution in [-0.2, 0) is 6.54 Å². The molecule has 6 heteroatoms. The molecule has 4 aromatic rings. The Morgan fingerprint density at radius 3 is 2.39 bits per heavy atom. The molecule has 3 heterocycles. The number of hydrogen-bond donors (Lipinski definition) is 4. The van der Waals surface area contributed by atoms with Crippen LogP contribution in [0.5, 0.6) is 0 Å². The SMILES string of the molecule is CC[NH+]1CC[NH+](Cc2ccc(-c3cc4c(N[C@H](C)c5ccccc5)ncnc4[nH]3)cc2)CC1. The number of benzene rings is 2. The summed E-state index contributed by atoms with van der Waals surface area (Å²) in [5.41, 5.74) is 5.74. The van der Waals surface area contributed by atoms with E-state index in [4.69, 9.17) is 0 Å². The molecule has 0 amide bonds. The van der Waals surface area contributed by atoms with Crippen molar-refractivity contribution in [2.75, 3.05) is 38.0 Å². The Bertz CT molecular complexity index is 1180. The lowest BCUT2D eigenvalue weighted by Gasteiger charge is -2.29. The lowest BCUT2D eigenvalue weighted by Crippen LogP contribution is -3.27. The van der Waals surface area contributed by atoms with E-state index >= 15 is 0 Å². The van der Waals surface area contributed by atoms with Gasteiger partial charge >= 0.3 is 0 Å². The van der Waals surface area contributed by atoms with Crippen LogP contribution < -0.4 is 15.1 Å². The van der Waals surface area contributed by atoms with Gasteiger partial charge in [0, 0.05) is 17.3 Å². The second-order valence-corrected chi connectivity index (χ2v) is 9.17. The molecule has 33 heavy (non-hydrogen) atoms. The van der Waals surface area contributed by atoms with Gasteiger partial charge in [0.15, 0.2) is 0 Å². The molecule has 0 aliphatic carbocycles. The van der Waals surface area contributed by atoms with Crippen molar-refractivity contribution in [3.63, 3.8) is 0 Å². The van der Waals surface area contributed by atoms with Gasteiger partial charge in [-0.3, -0.25) is 0 Å². The molecule has 0 unspecified atom stereocenters. The van der Waals surface area contributed by atoms with E-state index in [0.29, 0.717) is 0 Å². The highest BCUT2D eigenvalue weighted by atomic mass is 15.3. The molecule has 170 valence electrons. The minimum atomic E-state index is 0.158. The Morgan fingerprint density at radius 2 is 1.67 bits per heavy atom. The first kappa shape index (κ1) is 21.6. The standard InChI is InChI=1S/C27H32N6/c1-3-32-13-15-33(16-14-32)18-21-9-11-23(12-10-21)25-17-24-26(28-19-29-27(24)31-25)30-20(2)22-7-5-4-6-8-22/h4-12,17,19-20H,3,13-16,18H2,1-2H3,(H2,28,29,30,31)/p+2/t20-/m1/s1. The van der Waals surface area contributed by atoms with Crippen LogP contribution in [-0.4, -0.2) is 47.7 Å². The molecule has 1 aliphatic heterocycles. The second-order valence-electron chi connectivity index (χ2n) is 9.17. The quantitative estimate of drug-likeness (QED) is 0.355. The lowest BCUT2D eigenvalue weighted by atomic mass is 10.1. The van der Waals surface area contributed by atoms with E-state index in [-0.39, 0.29) is 6.04 Å². The molecule has 1 atom stereocenters. The maximum absolute atomic E-state index is 4.52. The van der Waals surface area contributed by atoms with Crippen molar-refractivity contribution in [3.8, 4) is 11.3 Å². The van der Waals surface area contributed by atoms with Gasteiger partial charge in [-0.2, -0.15) is 0 Å². The van der Waals surface area contributed by atoms with Gasteiger partial charge in [0.05, 0.1) is 11.9 Å². The Morgan fingerprint density at radius 1 is 0.939 bits per heavy atom. The third kappa shape index (κ3) is 4.92. The van der Waals surface area contributed by atoms with Crippen LogP contribution in [0.3, 0.4) is 0 Å². The zero-order chi connectivity index (χ0) is 22.6. The topological polar surface area (TPSA) is 62.5 Å². The number of quaternary nitrogens is 2. The summed E-state index contributed by atoms with van der Waals surface area (Å²) in [6.45, 7) is 11.9. The number of likely N-dealkylation sites (N-methyl/N-ethyl adjacent to an activating group) is 1. The predicted molar refractivity (Wildman–Crippen MR) is 133 cm³/mol. The van der Waals surface area contributed by atoms with E-state index in [9.17, 15) is 0 Å². The monoisotopic (exact) mass is 442 g/mol. The number of fused-ring (bicyclic) bond motifs is 1. The largest absolute Gasteiger partial charge is 0.363 e. The highest BCUT2D eigenvalue weighted by Crippen LogP contribution is 2.29. The molecule has 6 nitrogen and oxygen atoms in total. The highest BCUT2D eigenvalue weighted by molar-refractivity contribution is 5.91. The lowest BCUT2D eigenvalue weighted by molar-refractivity contribution is -1.02. The summed E-state index contributed by atoms with van der Waals surface area (Å²) in [5.74, 6) is 0.854. The Kier molecular flexibility index (Phi) is 6.37. The Hall–Kier alpha value is -3.22. The Balaban J connectivity index is 1.30. The fourth-order valence-corrected chi connectivity index (χ4v) is 4.82. The van der Waals surface area contributed by atoms with Gasteiger partial charge in [-0.05, 0) is 31.0 Å². The van der Waals surface area contributed by atoms with Crippen molar-refractivity contribution in [2.24, 2.45) is 0 Å². The van der Waals surface area contributed by atoms with Gasteiger partial charge in [-0.1, -0.05) is 54.6 Å². The van der Waals surface area contributed by atoms with Crippen LogP contribution in [0.2, 0.25) is 0 Å². The van der Waals surface area contributed by atoms with Crippen LogP contribution in [0, 0.1) is 0 Å². The average Bonchev–Trinajstić information content (AvgIpc) is 3.31. The van der Waals surface area contributed by atoms with E-state index in [2.05, 4.69) is 88.7 Å². The molecule has 0 bridgehead atoms. The minimum absolute atomic E-state index is 0.158. The predicted octanol–water partition coefficient (Wildman–Crippen LogP) is 2.10. The van der Waals surface area contributed by atoms with Crippen LogP contribution in [0.4, 0.5) is 5.82 Å². The molecule has 2 aromatic heterocycles. The summed E-state index contributed by atoms with van der Waals surface area (Å²) >= 11 is 0. The molecule has 0 saturated carbocycles. The van der Waals surface area contributed by atoms with Gasteiger partial charge in [0.1, 0.15) is 50.5 Å². The van der Waals surface area contributed by atoms with Gasteiger partial charge in [-0.15, -0.1) is 0 Å². The van der Waals surface area contributed by atoms with Crippen molar-refractivity contribution in [2.45, 2.75) is 26.4 Å². The van der Waals surface area contributed by atoms with Crippen molar-refractivity contribution in [1.29, 1.82) is 0 Å². The van der Waals surface area contributed by atoms with Gasteiger partial charge < -0.3 is 20.1 Å². The van der Waals surface area contributed by atoms with E-state index in [1.807, 2.05) is 6.07 Å². The number of rotatable bonds is 7. The van der Waals surface area contributed by atoms with E-state index in [1.54, 1.807) is 16.1 Å². The number of aromatic amines is 1. The maximum atomic E-state index is 4.52. The first-order valence-corrected chi connectivity index (χ1v) is 12.1. The minimum Gasteiger partial charge on any atom is -0.363 e. The van der Waals surface area contributed by atoms with Gasteiger partial charge in [0.25, 0.3) is 0 Å². The second kappa shape index (κ2) is 9.73. The van der Waals surface area contributed by atoms with Crippen molar-refractivity contribution in [3.05, 3.63) is 78.1 Å². The number of H-pyrrole nitrogens is 1. The smallest absolute Gasteiger partial charge is 0.143 e. The zero-order valence-electron chi connectivity index (χ0n) is 19.6. The highest BCUT2D eigenvalue weighted by Gasteiger charge is 2.21. The summed E-state index contributed by atoms with van der Waals surface area (Å²) in [6, 6.07) is 21.7. The summed E-state index contributed by atoms with van der Waals surface area (Å²) in [7, 11) is 0. The molecule has 2 aromatic carbocycles. The van der Waals surface area contributed by atoms with Crippen LogP contribution >= 0.6 is 0 Å². The molecule has 1 saturated heterocycles. The molecular weight excluding hydrogens is 408 g/mol. The third-order valence-electron chi connectivity index (χ3n) is 6.96. The summed E-state index contributed by atoms with van der Waals surface area (Å²) in [4.78, 5) is 15.9. The van der Waals surface area contributed by atoms with E-state index < -0.39 is 0 Å². The molecule has 5 rings (SSSR count). The number of hydrogen-bond acceptors (Lipinski definition) is 3. The third-order valence-corrected chi connectivity index (χ3v) is 6.96. The van der Waals surface area contributed by atoms with Crippen molar-refractivity contribution in [1.82, 2.24) is 15.0 Å². The van der Waals surface area contributed by atoms with E-state index in [0.717, 1.165) is 29.1 Å². The fraction of sp³-hybridized carbons (Fsp3) is 0.333. The Labute approximate surface area is 195 Å². The van der Waals surface area contributed by atoms with Crippen LogP contribution in [0.15, 0.2) is 67.0 Å². The van der Waals surface area contributed by atoms with Crippen molar-refractivity contribution < 1.29 is 9.80 Å². The van der Waals surface area contributed by atoms with Gasteiger partial charge in [0.2, 0.25) is 0 Å². The molecule has 0 radical (unpaired) electrons. The summed E-state index contributed by atoms with van der Waals surface area (Å²) in [5, 5.41) is 4.57. The number of anilines is 1. The number of piperazine rings is 1.